The number of aldehydes is 1. The molecule has 0 N–H and O–H groups in total. The Labute approximate surface area is 117 Å². The molecule has 20 heavy (non-hydrogen) atoms. The molecule has 104 valence electrons. The molecule has 7 heteroatoms. The van der Waals surface area contributed by atoms with Crippen LogP contribution in [0, 0.1) is 0 Å². The van der Waals surface area contributed by atoms with Crippen molar-refractivity contribution in [3.63, 3.8) is 0 Å². The van der Waals surface area contributed by atoms with Crippen LogP contribution in [-0.2, 0) is 0 Å². The molecule has 1 heterocycles. The second-order valence-corrected chi connectivity index (χ2v) is 4.22. The smallest absolute Gasteiger partial charge is 0.406 e. The predicted octanol–water partition coefficient (Wildman–Crippen LogP) is 4.11. The maximum atomic E-state index is 12.2. The number of hydrogen-bond acceptors (Lipinski definition) is 3. The Hall–Kier alpha value is -2.08. The minimum atomic E-state index is -4.78. The van der Waals surface area contributed by atoms with Crippen molar-refractivity contribution in [2.24, 2.45) is 0 Å². The second-order valence-electron chi connectivity index (χ2n) is 3.78. The molecule has 0 amide bonds. The standard InChI is InChI=1S/C13H7ClF3NO2/c14-10-4-9(7-19)12(18-6-10)8-2-1-3-11(5-8)20-13(15,16)17/h1-7H. The van der Waals surface area contributed by atoms with Crippen molar-refractivity contribution in [2.45, 2.75) is 6.36 Å². The summed E-state index contributed by atoms with van der Waals surface area (Å²) in [5, 5.41) is 0.263. The summed E-state index contributed by atoms with van der Waals surface area (Å²) in [7, 11) is 0. The summed E-state index contributed by atoms with van der Waals surface area (Å²) in [6.45, 7) is 0. The minimum Gasteiger partial charge on any atom is -0.406 e. The Bertz CT molecular complexity index is 644. The SMILES string of the molecule is O=Cc1cc(Cl)cnc1-c1cccc(OC(F)(F)F)c1. The number of alkyl halides is 3. The molecule has 0 aliphatic heterocycles. The molecular formula is C13H7ClF3NO2. The third kappa shape index (κ3) is 3.48. The van der Waals surface area contributed by atoms with Crippen LogP contribution in [0.4, 0.5) is 13.2 Å². The fraction of sp³-hybridized carbons (Fsp3) is 0.0769. The highest BCUT2D eigenvalue weighted by Gasteiger charge is 2.31. The van der Waals surface area contributed by atoms with Gasteiger partial charge in [0.05, 0.1) is 10.7 Å². The molecule has 0 bridgehead atoms. The summed E-state index contributed by atoms with van der Waals surface area (Å²) in [6, 6.07) is 6.59. The van der Waals surface area contributed by atoms with Crippen LogP contribution in [0.3, 0.4) is 0 Å². The summed E-state index contributed by atoms with van der Waals surface area (Å²) in [4.78, 5) is 14.9. The van der Waals surface area contributed by atoms with E-state index in [-0.39, 0.29) is 22.0 Å². The van der Waals surface area contributed by atoms with E-state index in [1.807, 2.05) is 0 Å². The molecule has 0 radical (unpaired) electrons. The number of ether oxygens (including phenoxy) is 1. The molecule has 0 spiro atoms. The molecule has 0 fully saturated rings. The van der Waals surface area contributed by atoms with Gasteiger partial charge >= 0.3 is 6.36 Å². The fourth-order valence-electron chi connectivity index (χ4n) is 1.63. The number of nitrogens with zero attached hydrogens (tertiary/aromatic N) is 1. The molecule has 0 saturated carbocycles. The lowest BCUT2D eigenvalue weighted by Crippen LogP contribution is -2.17. The summed E-state index contributed by atoms with van der Waals surface area (Å²) >= 11 is 5.71. The Morgan fingerprint density at radius 1 is 1.25 bits per heavy atom. The van der Waals surface area contributed by atoms with Gasteiger partial charge in [0.1, 0.15) is 5.75 Å². The van der Waals surface area contributed by atoms with Gasteiger partial charge in [-0.15, -0.1) is 13.2 Å². The highest BCUT2D eigenvalue weighted by atomic mass is 35.5. The van der Waals surface area contributed by atoms with E-state index in [4.69, 9.17) is 11.6 Å². The van der Waals surface area contributed by atoms with Crippen LogP contribution in [-0.4, -0.2) is 17.6 Å². The number of aromatic nitrogens is 1. The third-order valence-electron chi connectivity index (χ3n) is 2.35. The minimum absolute atomic E-state index is 0.182. The second kappa shape index (κ2) is 5.50. The first-order valence-corrected chi connectivity index (χ1v) is 5.74. The highest BCUT2D eigenvalue weighted by molar-refractivity contribution is 6.30. The van der Waals surface area contributed by atoms with Crippen LogP contribution in [0.1, 0.15) is 10.4 Å². The normalized spacial score (nSPS) is 11.2. The summed E-state index contributed by atoms with van der Waals surface area (Å²) in [5.41, 5.74) is 0.740. The monoisotopic (exact) mass is 301 g/mol. The van der Waals surface area contributed by atoms with Gasteiger partial charge in [-0.25, -0.2) is 0 Å². The lowest BCUT2D eigenvalue weighted by atomic mass is 10.1. The summed E-state index contributed by atoms with van der Waals surface area (Å²) < 4.78 is 40.3. The van der Waals surface area contributed by atoms with E-state index in [9.17, 15) is 18.0 Å². The number of pyridine rings is 1. The van der Waals surface area contributed by atoms with Crippen LogP contribution in [0.15, 0.2) is 36.5 Å². The zero-order valence-electron chi connectivity index (χ0n) is 9.82. The Morgan fingerprint density at radius 2 is 2.00 bits per heavy atom. The van der Waals surface area contributed by atoms with Crippen molar-refractivity contribution < 1.29 is 22.7 Å². The van der Waals surface area contributed by atoms with E-state index < -0.39 is 6.36 Å². The summed E-state index contributed by atoms with van der Waals surface area (Å²) in [6.07, 6.45) is -2.94. The third-order valence-corrected chi connectivity index (χ3v) is 2.56. The molecule has 1 aromatic carbocycles. The van der Waals surface area contributed by atoms with Gasteiger partial charge in [-0.2, -0.15) is 0 Å². The van der Waals surface area contributed by atoms with Crippen LogP contribution < -0.4 is 4.74 Å². The van der Waals surface area contributed by atoms with Crippen LogP contribution in [0.2, 0.25) is 5.02 Å². The van der Waals surface area contributed by atoms with Crippen molar-refractivity contribution in [1.29, 1.82) is 0 Å². The molecular weight excluding hydrogens is 295 g/mol. The van der Waals surface area contributed by atoms with Gasteiger partial charge in [-0.1, -0.05) is 23.7 Å². The number of carbonyl (C=O) groups excluding carboxylic acids is 1. The van der Waals surface area contributed by atoms with Crippen molar-refractivity contribution in [3.8, 4) is 17.0 Å². The van der Waals surface area contributed by atoms with Gasteiger partial charge in [0.25, 0.3) is 0 Å². The number of rotatable bonds is 3. The Balaban J connectivity index is 2.43. The quantitative estimate of drug-likeness (QED) is 0.801. The lowest BCUT2D eigenvalue weighted by molar-refractivity contribution is -0.274. The van der Waals surface area contributed by atoms with Crippen molar-refractivity contribution in [1.82, 2.24) is 4.98 Å². The van der Waals surface area contributed by atoms with Gasteiger partial charge in [-0.3, -0.25) is 9.78 Å². The fourth-order valence-corrected chi connectivity index (χ4v) is 1.79. The van der Waals surface area contributed by atoms with E-state index in [1.165, 1.54) is 24.4 Å². The van der Waals surface area contributed by atoms with Crippen LogP contribution in [0.5, 0.6) is 5.75 Å². The maximum Gasteiger partial charge on any atom is 0.573 e. The van der Waals surface area contributed by atoms with Gasteiger partial charge in [-0.05, 0) is 18.2 Å². The molecule has 0 atom stereocenters. The molecule has 1 aromatic heterocycles. The average Bonchev–Trinajstić information content (AvgIpc) is 2.36. The van der Waals surface area contributed by atoms with Crippen molar-refractivity contribution >= 4 is 17.9 Å². The van der Waals surface area contributed by atoms with Crippen molar-refractivity contribution in [3.05, 3.63) is 47.1 Å². The van der Waals surface area contributed by atoms with E-state index in [2.05, 4.69) is 9.72 Å². The van der Waals surface area contributed by atoms with E-state index in [0.29, 0.717) is 11.8 Å². The number of carbonyl (C=O) groups is 1. The molecule has 2 rings (SSSR count). The van der Waals surface area contributed by atoms with Gasteiger partial charge < -0.3 is 4.74 Å². The van der Waals surface area contributed by atoms with E-state index >= 15 is 0 Å². The predicted molar refractivity (Wildman–Crippen MR) is 66.8 cm³/mol. The van der Waals surface area contributed by atoms with Crippen molar-refractivity contribution in [2.75, 3.05) is 0 Å². The van der Waals surface area contributed by atoms with E-state index in [0.717, 1.165) is 12.1 Å². The number of halogens is 4. The molecule has 0 saturated heterocycles. The molecule has 2 aromatic rings. The maximum absolute atomic E-state index is 12.2. The van der Waals surface area contributed by atoms with Gasteiger partial charge in [0, 0.05) is 17.3 Å². The average molecular weight is 302 g/mol. The zero-order chi connectivity index (χ0) is 14.8. The first-order chi connectivity index (χ1) is 9.39. The molecule has 0 aliphatic rings. The van der Waals surface area contributed by atoms with E-state index in [1.54, 1.807) is 0 Å². The summed E-state index contributed by atoms with van der Waals surface area (Å²) in [5.74, 6) is -0.386. The number of benzene rings is 1. The largest absolute Gasteiger partial charge is 0.573 e. The first kappa shape index (κ1) is 14.3. The van der Waals surface area contributed by atoms with Crippen LogP contribution in [0.25, 0.3) is 11.3 Å². The van der Waals surface area contributed by atoms with Gasteiger partial charge in [0.15, 0.2) is 6.29 Å². The molecule has 0 aliphatic carbocycles. The lowest BCUT2D eigenvalue weighted by Gasteiger charge is -2.10. The van der Waals surface area contributed by atoms with Gasteiger partial charge in [0.2, 0.25) is 0 Å². The topological polar surface area (TPSA) is 39.2 Å². The Morgan fingerprint density at radius 3 is 2.65 bits per heavy atom. The first-order valence-electron chi connectivity index (χ1n) is 5.36. The zero-order valence-corrected chi connectivity index (χ0v) is 10.6. The molecule has 0 unspecified atom stereocenters. The van der Waals surface area contributed by atoms with Crippen LogP contribution >= 0.6 is 11.6 Å². The number of hydrogen-bond donors (Lipinski definition) is 0. The molecule has 3 nitrogen and oxygen atoms in total. The Kier molecular flexibility index (Phi) is 3.94. The highest BCUT2D eigenvalue weighted by Crippen LogP contribution is 2.29.